The molecule has 3 rings (SSSR count). The predicted octanol–water partition coefficient (Wildman–Crippen LogP) is 3.08. The monoisotopic (exact) mass is 382 g/mol. The van der Waals surface area contributed by atoms with Gasteiger partial charge in [0.15, 0.2) is 0 Å². The number of hydrogen-bond acceptors (Lipinski definition) is 4. The van der Waals surface area contributed by atoms with Gasteiger partial charge in [-0.15, -0.1) is 0 Å². The molecule has 6 heteroatoms. The molecule has 148 valence electrons. The van der Waals surface area contributed by atoms with Crippen LogP contribution in [0.3, 0.4) is 0 Å². The second kappa shape index (κ2) is 8.78. The molecule has 2 aromatic rings. The van der Waals surface area contributed by atoms with Crippen LogP contribution in [0.15, 0.2) is 42.5 Å². The second-order valence-corrected chi connectivity index (χ2v) is 7.13. The van der Waals surface area contributed by atoms with Gasteiger partial charge in [0.1, 0.15) is 18.1 Å². The van der Waals surface area contributed by atoms with E-state index in [2.05, 4.69) is 16.7 Å². The number of nitrogens with one attached hydrogen (secondary N) is 2. The Morgan fingerprint density at radius 2 is 1.57 bits per heavy atom. The zero-order valence-corrected chi connectivity index (χ0v) is 16.5. The van der Waals surface area contributed by atoms with Crippen LogP contribution >= 0.6 is 0 Å². The summed E-state index contributed by atoms with van der Waals surface area (Å²) in [6, 6.07) is 13.2. The number of aryl methyl sites for hydroxylation is 2. The molecule has 0 aromatic heterocycles. The summed E-state index contributed by atoms with van der Waals surface area (Å²) in [7, 11) is 1.61. The van der Waals surface area contributed by atoms with E-state index in [1.807, 2.05) is 50.2 Å². The molecule has 0 spiro atoms. The number of anilines is 1. The summed E-state index contributed by atoms with van der Waals surface area (Å²) in [5.74, 6) is 0.764. The first-order chi connectivity index (χ1) is 13.5. The van der Waals surface area contributed by atoms with Crippen molar-refractivity contribution in [1.29, 1.82) is 0 Å². The molecule has 2 amide bonds. The van der Waals surface area contributed by atoms with Gasteiger partial charge in [0.2, 0.25) is 11.8 Å². The highest BCUT2D eigenvalue weighted by atomic mass is 16.5. The first-order valence-corrected chi connectivity index (χ1v) is 9.40. The average molecular weight is 382 g/mol. The molecule has 28 heavy (non-hydrogen) atoms. The van der Waals surface area contributed by atoms with Crippen LogP contribution in [0.4, 0.5) is 5.69 Å². The fraction of sp³-hybridized carbons (Fsp3) is 0.364. The Kier molecular flexibility index (Phi) is 6.19. The van der Waals surface area contributed by atoms with Crippen molar-refractivity contribution >= 4 is 17.5 Å². The number of carbonyl (C=O) groups excluding carboxylic acids is 2. The lowest BCUT2D eigenvalue weighted by Crippen LogP contribution is -2.31. The van der Waals surface area contributed by atoms with Gasteiger partial charge in [-0.05, 0) is 67.8 Å². The van der Waals surface area contributed by atoms with Gasteiger partial charge in [-0.2, -0.15) is 0 Å². The Hall–Kier alpha value is -3.02. The Morgan fingerprint density at radius 1 is 0.964 bits per heavy atom. The van der Waals surface area contributed by atoms with Crippen LogP contribution in [0.2, 0.25) is 0 Å². The molecular weight excluding hydrogens is 356 g/mol. The molecule has 1 saturated carbocycles. The second-order valence-electron chi connectivity index (χ2n) is 7.13. The molecule has 1 fully saturated rings. The van der Waals surface area contributed by atoms with Gasteiger partial charge in [0, 0.05) is 5.69 Å². The highest BCUT2D eigenvalue weighted by Gasteiger charge is 2.47. The van der Waals surface area contributed by atoms with Crippen LogP contribution in [0.5, 0.6) is 11.5 Å². The topological polar surface area (TPSA) is 76.7 Å². The lowest BCUT2D eigenvalue weighted by atomic mass is 10.1. The van der Waals surface area contributed by atoms with Gasteiger partial charge in [-0.25, -0.2) is 0 Å². The van der Waals surface area contributed by atoms with Crippen molar-refractivity contribution in [2.24, 2.45) is 11.8 Å². The molecule has 2 unspecified atom stereocenters. The first-order valence-electron chi connectivity index (χ1n) is 9.40. The third kappa shape index (κ3) is 5.25. The van der Waals surface area contributed by atoms with E-state index < -0.39 is 0 Å². The maximum absolute atomic E-state index is 12.4. The van der Waals surface area contributed by atoms with Crippen LogP contribution in [-0.4, -0.2) is 32.1 Å². The molecule has 0 heterocycles. The Bertz CT molecular complexity index is 828. The van der Waals surface area contributed by atoms with Crippen molar-refractivity contribution in [3.05, 3.63) is 53.6 Å². The van der Waals surface area contributed by atoms with Gasteiger partial charge in [0.25, 0.3) is 0 Å². The fourth-order valence-corrected chi connectivity index (χ4v) is 3.20. The van der Waals surface area contributed by atoms with Crippen molar-refractivity contribution < 1.29 is 19.1 Å². The van der Waals surface area contributed by atoms with E-state index in [1.165, 1.54) is 0 Å². The zero-order chi connectivity index (χ0) is 20.1. The van der Waals surface area contributed by atoms with Crippen LogP contribution in [0.25, 0.3) is 0 Å². The van der Waals surface area contributed by atoms with Crippen molar-refractivity contribution in [3.8, 4) is 11.5 Å². The lowest BCUT2D eigenvalue weighted by Gasteiger charge is -2.09. The molecule has 2 aromatic carbocycles. The molecule has 2 atom stereocenters. The van der Waals surface area contributed by atoms with E-state index in [0.717, 1.165) is 22.6 Å². The van der Waals surface area contributed by atoms with Gasteiger partial charge >= 0.3 is 0 Å². The summed E-state index contributed by atoms with van der Waals surface area (Å²) < 4.78 is 10.7. The molecule has 0 bridgehead atoms. The Morgan fingerprint density at radius 3 is 2.21 bits per heavy atom. The minimum absolute atomic E-state index is 0.0976. The molecule has 0 saturated heterocycles. The summed E-state index contributed by atoms with van der Waals surface area (Å²) in [6.45, 7) is 4.74. The number of methoxy groups -OCH3 is 1. The predicted molar refractivity (Wildman–Crippen MR) is 108 cm³/mol. The van der Waals surface area contributed by atoms with Crippen LogP contribution < -0.4 is 20.1 Å². The maximum Gasteiger partial charge on any atom is 0.228 e. The Balaban J connectivity index is 1.38. The van der Waals surface area contributed by atoms with E-state index in [-0.39, 0.29) is 23.7 Å². The average Bonchev–Trinajstić information content (AvgIpc) is 3.46. The van der Waals surface area contributed by atoms with Crippen LogP contribution in [0, 0.1) is 25.7 Å². The van der Waals surface area contributed by atoms with Gasteiger partial charge in [-0.1, -0.05) is 6.07 Å². The third-order valence-electron chi connectivity index (χ3n) is 4.68. The summed E-state index contributed by atoms with van der Waals surface area (Å²) in [5, 5.41) is 5.75. The van der Waals surface area contributed by atoms with Gasteiger partial charge < -0.3 is 20.1 Å². The van der Waals surface area contributed by atoms with E-state index in [1.54, 1.807) is 7.11 Å². The molecule has 2 N–H and O–H groups in total. The number of carbonyl (C=O) groups is 2. The summed E-state index contributed by atoms with van der Waals surface area (Å²) in [4.78, 5) is 24.6. The van der Waals surface area contributed by atoms with Gasteiger partial charge in [0.05, 0.1) is 25.5 Å². The highest BCUT2D eigenvalue weighted by molar-refractivity contribution is 5.99. The van der Waals surface area contributed by atoms with Crippen molar-refractivity contribution in [3.63, 3.8) is 0 Å². The number of rotatable bonds is 8. The molecule has 6 nitrogen and oxygen atoms in total. The molecule has 1 aliphatic rings. The quantitative estimate of drug-likeness (QED) is 0.688. The van der Waals surface area contributed by atoms with E-state index in [9.17, 15) is 9.59 Å². The van der Waals surface area contributed by atoms with Crippen molar-refractivity contribution in [2.45, 2.75) is 20.3 Å². The minimum atomic E-state index is -0.261. The Labute approximate surface area is 165 Å². The number of hydrogen-bond donors (Lipinski definition) is 2. The standard InChI is InChI=1S/C22H26N2O4/c1-14-10-15(2)12-16(11-14)24-22(26)20-13-19(20)21(25)23-8-9-28-18-6-4-17(27-3)5-7-18/h4-7,10-12,19-20H,8-9,13H2,1-3H3,(H,23,25)(H,24,26). The SMILES string of the molecule is COc1ccc(OCCNC(=O)C2CC2C(=O)Nc2cc(C)cc(C)c2)cc1. The van der Waals surface area contributed by atoms with E-state index >= 15 is 0 Å². The maximum atomic E-state index is 12.4. The first kappa shape index (κ1) is 19.7. The lowest BCUT2D eigenvalue weighted by molar-refractivity contribution is -0.125. The van der Waals surface area contributed by atoms with Crippen LogP contribution in [-0.2, 0) is 9.59 Å². The molecule has 0 radical (unpaired) electrons. The molecule has 0 aliphatic heterocycles. The fourth-order valence-electron chi connectivity index (χ4n) is 3.20. The zero-order valence-electron chi connectivity index (χ0n) is 16.5. The third-order valence-corrected chi connectivity index (χ3v) is 4.68. The van der Waals surface area contributed by atoms with E-state index in [4.69, 9.17) is 9.47 Å². The smallest absolute Gasteiger partial charge is 0.228 e. The van der Waals surface area contributed by atoms with Gasteiger partial charge in [-0.3, -0.25) is 9.59 Å². The van der Waals surface area contributed by atoms with Crippen LogP contribution in [0.1, 0.15) is 17.5 Å². The normalized spacial score (nSPS) is 17.5. The number of benzene rings is 2. The summed E-state index contributed by atoms with van der Waals surface area (Å²) >= 11 is 0. The summed E-state index contributed by atoms with van der Waals surface area (Å²) in [6.07, 6.45) is 0.585. The molecule has 1 aliphatic carbocycles. The van der Waals surface area contributed by atoms with Crippen molar-refractivity contribution in [1.82, 2.24) is 5.32 Å². The van der Waals surface area contributed by atoms with E-state index in [0.29, 0.717) is 25.3 Å². The molecular formula is C22H26N2O4. The number of ether oxygens (including phenoxy) is 2. The number of amides is 2. The van der Waals surface area contributed by atoms with Crippen molar-refractivity contribution in [2.75, 3.05) is 25.6 Å². The highest BCUT2D eigenvalue weighted by Crippen LogP contribution is 2.39. The largest absolute Gasteiger partial charge is 0.497 e. The minimum Gasteiger partial charge on any atom is -0.497 e. The summed E-state index contributed by atoms with van der Waals surface area (Å²) in [5.41, 5.74) is 2.97.